The predicted octanol–water partition coefficient (Wildman–Crippen LogP) is 2.36. The lowest BCUT2D eigenvalue weighted by molar-refractivity contribution is -0.143. The monoisotopic (exact) mass is 556 g/mol. The number of amides is 3. The molecule has 1 fully saturated rings. The Morgan fingerprint density at radius 2 is 1.92 bits per heavy atom. The highest BCUT2D eigenvalue weighted by atomic mass is 127. The molecule has 1 saturated heterocycles. The van der Waals surface area contributed by atoms with E-state index in [1.54, 1.807) is 6.08 Å². The van der Waals surface area contributed by atoms with Crippen LogP contribution in [-0.2, 0) is 14.3 Å². The molecule has 2 rings (SSSR count). The molecular weight excluding hydrogens is 542 g/mol. The second kappa shape index (κ2) is 8.14. The van der Waals surface area contributed by atoms with Crippen molar-refractivity contribution in [3.8, 4) is 5.75 Å². The molecule has 128 valence electrons. The molecule has 1 heterocycles. The minimum absolute atomic E-state index is 0.111. The Morgan fingerprint density at radius 3 is 2.46 bits per heavy atom. The van der Waals surface area contributed by atoms with E-state index in [0.29, 0.717) is 6.61 Å². The summed E-state index contributed by atoms with van der Waals surface area (Å²) >= 11 is 4.31. The standard InChI is InChI=1S/C15H14I2N2O5/c1-3-24-13-9(16)4-8(5-10(13)17)6-11-14(21)19(15(22)18-11)7-12(20)23-2/h4-6H,3,7H2,1-2H3,(H,18,22)/b11-6+. The maximum atomic E-state index is 12.2. The number of hydrogen-bond acceptors (Lipinski definition) is 5. The molecular formula is C15H14I2N2O5. The zero-order valence-corrected chi connectivity index (χ0v) is 17.2. The maximum absolute atomic E-state index is 12.2. The van der Waals surface area contributed by atoms with E-state index in [-0.39, 0.29) is 5.70 Å². The highest BCUT2D eigenvalue weighted by molar-refractivity contribution is 14.1. The largest absolute Gasteiger partial charge is 0.492 e. The van der Waals surface area contributed by atoms with Crippen molar-refractivity contribution in [3.05, 3.63) is 30.5 Å². The number of carbonyl (C=O) groups is 3. The molecule has 1 aromatic carbocycles. The summed E-state index contributed by atoms with van der Waals surface area (Å²) in [5.41, 5.74) is 0.857. The number of carbonyl (C=O) groups excluding carboxylic acids is 3. The van der Waals surface area contributed by atoms with Crippen LogP contribution >= 0.6 is 45.2 Å². The molecule has 0 unspecified atom stereocenters. The van der Waals surface area contributed by atoms with Crippen LogP contribution in [0.5, 0.6) is 5.75 Å². The van der Waals surface area contributed by atoms with E-state index >= 15 is 0 Å². The van der Waals surface area contributed by atoms with Gasteiger partial charge in [-0.15, -0.1) is 0 Å². The van der Waals surface area contributed by atoms with Crippen LogP contribution in [-0.4, -0.2) is 43.1 Å². The van der Waals surface area contributed by atoms with Gasteiger partial charge in [-0.25, -0.2) is 9.69 Å². The van der Waals surface area contributed by atoms with Crippen molar-refractivity contribution in [3.63, 3.8) is 0 Å². The van der Waals surface area contributed by atoms with E-state index < -0.39 is 24.5 Å². The minimum atomic E-state index is -0.662. The van der Waals surface area contributed by atoms with Gasteiger partial charge in [-0.1, -0.05) is 0 Å². The van der Waals surface area contributed by atoms with Crippen molar-refractivity contribution < 1.29 is 23.9 Å². The molecule has 0 saturated carbocycles. The van der Waals surface area contributed by atoms with Crippen LogP contribution in [0, 0.1) is 7.14 Å². The van der Waals surface area contributed by atoms with Gasteiger partial charge < -0.3 is 14.8 Å². The summed E-state index contributed by atoms with van der Waals surface area (Å²) in [7, 11) is 1.20. The second-order valence-electron chi connectivity index (χ2n) is 4.70. The lowest BCUT2D eigenvalue weighted by Crippen LogP contribution is -2.36. The number of methoxy groups -OCH3 is 1. The summed E-state index contributed by atoms with van der Waals surface area (Å²) in [4.78, 5) is 36.2. The quantitative estimate of drug-likeness (QED) is 0.261. The minimum Gasteiger partial charge on any atom is -0.492 e. The van der Waals surface area contributed by atoms with E-state index in [2.05, 4.69) is 55.2 Å². The number of nitrogens with zero attached hydrogens (tertiary/aromatic N) is 1. The molecule has 1 aliphatic heterocycles. The molecule has 24 heavy (non-hydrogen) atoms. The third-order valence-corrected chi connectivity index (χ3v) is 4.70. The van der Waals surface area contributed by atoms with Crippen LogP contribution in [0.25, 0.3) is 6.08 Å². The highest BCUT2D eigenvalue weighted by Crippen LogP contribution is 2.30. The fraction of sp³-hybridized carbons (Fsp3) is 0.267. The Hall–Kier alpha value is -1.37. The predicted molar refractivity (Wildman–Crippen MR) is 103 cm³/mol. The van der Waals surface area contributed by atoms with Crippen LogP contribution in [0.4, 0.5) is 4.79 Å². The van der Waals surface area contributed by atoms with Crippen LogP contribution in [0.2, 0.25) is 0 Å². The van der Waals surface area contributed by atoms with Gasteiger partial charge in [0.15, 0.2) is 0 Å². The van der Waals surface area contributed by atoms with Gasteiger partial charge in [0.25, 0.3) is 5.91 Å². The van der Waals surface area contributed by atoms with Crippen LogP contribution < -0.4 is 10.1 Å². The van der Waals surface area contributed by atoms with Gasteiger partial charge in [0.05, 0.1) is 20.9 Å². The van der Waals surface area contributed by atoms with E-state index in [4.69, 9.17) is 4.74 Å². The Kier molecular flexibility index (Phi) is 6.43. The van der Waals surface area contributed by atoms with Gasteiger partial charge in [0.2, 0.25) is 0 Å². The summed E-state index contributed by atoms with van der Waals surface area (Å²) in [5.74, 6) is -0.441. The van der Waals surface area contributed by atoms with Gasteiger partial charge in [-0.2, -0.15) is 0 Å². The van der Waals surface area contributed by atoms with Crippen LogP contribution in [0.1, 0.15) is 12.5 Å². The molecule has 0 aliphatic carbocycles. The van der Waals surface area contributed by atoms with Gasteiger partial charge in [-0.3, -0.25) is 9.59 Å². The van der Waals surface area contributed by atoms with E-state index in [1.165, 1.54) is 7.11 Å². The lowest BCUT2D eigenvalue weighted by atomic mass is 10.2. The second-order valence-corrected chi connectivity index (χ2v) is 7.03. The molecule has 1 N–H and O–H groups in total. The number of halogens is 2. The van der Waals surface area contributed by atoms with Crippen molar-refractivity contribution in [2.75, 3.05) is 20.3 Å². The van der Waals surface area contributed by atoms with Crippen LogP contribution in [0.3, 0.4) is 0 Å². The average Bonchev–Trinajstić information content (AvgIpc) is 2.78. The fourth-order valence-electron chi connectivity index (χ4n) is 2.02. The summed E-state index contributed by atoms with van der Waals surface area (Å²) in [5, 5.41) is 2.46. The number of rotatable bonds is 5. The van der Waals surface area contributed by atoms with Gasteiger partial charge >= 0.3 is 12.0 Å². The van der Waals surface area contributed by atoms with Gasteiger partial charge in [0, 0.05) is 0 Å². The number of imide groups is 1. The zero-order chi connectivity index (χ0) is 17.9. The smallest absolute Gasteiger partial charge is 0.329 e. The Labute approximate surface area is 166 Å². The molecule has 0 radical (unpaired) electrons. The molecule has 3 amide bonds. The third kappa shape index (κ3) is 4.18. The Bertz CT molecular complexity index is 710. The Balaban J connectivity index is 2.27. The molecule has 9 heteroatoms. The van der Waals surface area contributed by atoms with Crippen molar-refractivity contribution in [1.29, 1.82) is 0 Å². The van der Waals surface area contributed by atoms with Gasteiger partial charge in [-0.05, 0) is 75.9 Å². The summed E-state index contributed by atoms with van der Waals surface area (Å²) in [6.45, 7) is 2.05. The SMILES string of the molecule is CCOc1c(I)cc(/C=C2/NC(=O)N(CC(=O)OC)C2=O)cc1I. The first kappa shape index (κ1) is 19.0. The lowest BCUT2D eigenvalue weighted by Gasteiger charge is -2.10. The summed E-state index contributed by atoms with van der Waals surface area (Å²) in [6, 6.07) is 3.05. The number of hydrogen-bond donors (Lipinski definition) is 1. The first-order valence-electron chi connectivity index (χ1n) is 6.90. The van der Waals surface area contributed by atoms with E-state index in [1.807, 2.05) is 19.1 Å². The molecule has 7 nitrogen and oxygen atoms in total. The summed E-state index contributed by atoms with van der Waals surface area (Å²) in [6.07, 6.45) is 1.57. The van der Waals surface area contributed by atoms with E-state index in [9.17, 15) is 14.4 Å². The number of ether oxygens (including phenoxy) is 2. The Morgan fingerprint density at radius 1 is 1.29 bits per heavy atom. The average molecular weight is 556 g/mol. The highest BCUT2D eigenvalue weighted by Gasteiger charge is 2.35. The first-order chi connectivity index (χ1) is 11.4. The van der Waals surface area contributed by atoms with E-state index in [0.717, 1.165) is 23.4 Å². The topological polar surface area (TPSA) is 84.9 Å². The van der Waals surface area contributed by atoms with Crippen molar-refractivity contribution in [2.24, 2.45) is 0 Å². The molecule has 1 aliphatic rings. The van der Waals surface area contributed by atoms with Crippen LogP contribution in [0.15, 0.2) is 17.8 Å². The maximum Gasteiger partial charge on any atom is 0.329 e. The van der Waals surface area contributed by atoms with Gasteiger partial charge in [0.1, 0.15) is 18.0 Å². The number of benzene rings is 1. The molecule has 1 aromatic rings. The number of urea groups is 1. The van der Waals surface area contributed by atoms with Crippen molar-refractivity contribution in [1.82, 2.24) is 10.2 Å². The third-order valence-electron chi connectivity index (χ3n) is 3.10. The molecule has 0 atom stereocenters. The summed E-state index contributed by atoms with van der Waals surface area (Å²) < 4.78 is 11.9. The normalized spacial score (nSPS) is 15.7. The zero-order valence-electron chi connectivity index (χ0n) is 12.9. The van der Waals surface area contributed by atoms with Crippen molar-refractivity contribution >= 4 is 69.2 Å². The number of esters is 1. The molecule has 0 spiro atoms. The molecule has 0 bridgehead atoms. The number of nitrogens with one attached hydrogen (secondary N) is 1. The van der Waals surface area contributed by atoms with Crippen molar-refractivity contribution in [2.45, 2.75) is 6.92 Å². The molecule has 0 aromatic heterocycles. The fourth-order valence-corrected chi connectivity index (χ4v) is 4.15. The first-order valence-corrected chi connectivity index (χ1v) is 9.06.